The van der Waals surface area contributed by atoms with Crippen LogP contribution in [0.25, 0.3) is 0 Å². The van der Waals surface area contributed by atoms with E-state index in [4.69, 9.17) is 5.73 Å². The van der Waals surface area contributed by atoms with Crippen LogP contribution in [0.15, 0.2) is 36.5 Å². The monoisotopic (exact) mass is 270 g/mol. The van der Waals surface area contributed by atoms with Crippen molar-refractivity contribution in [1.82, 2.24) is 4.98 Å². The summed E-state index contributed by atoms with van der Waals surface area (Å²) in [6.45, 7) is 0. The zero-order valence-corrected chi connectivity index (χ0v) is 9.71. The molecule has 0 saturated heterocycles. The van der Waals surface area contributed by atoms with Gasteiger partial charge in [-0.25, -0.2) is 9.37 Å². The Bertz CT molecular complexity index is 593. The minimum atomic E-state index is -4.68. The van der Waals surface area contributed by atoms with Crippen LogP contribution >= 0.6 is 0 Å². The van der Waals surface area contributed by atoms with E-state index in [1.54, 1.807) is 12.1 Å². The lowest BCUT2D eigenvalue weighted by Gasteiger charge is -2.10. The number of benzene rings is 1. The molecule has 0 bridgehead atoms. The molecule has 100 valence electrons. The number of halogens is 4. The number of hydrogen-bond acceptors (Lipinski definition) is 2. The molecule has 0 radical (unpaired) electrons. The first-order chi connectivity index (χ1) is 8.88. The van der Waals surface area contributed by atoms with E-state index >= 15 is 0 Å². The molecular formula is C13H10F4N2. The molecule has 1 aromatic carbocycles. The van der Waals surface area contributed by atoms with E-state index < -0.39 is 17.6 Å². The molecule has 6 heteroatoms. The Balaban J connectivity index is 2.29. The van der Waals surface area contributed by atoms with Crippen LogP contribution in [-0.2, 0) is 12.6 Å². The van der Waals surface area contributed by atoms with Gasteiger partial charge in [0.05, 0.1) is 5.56 Å². The van der Waals surface area contributed by atoms with E-state index in [1.165, 1.54) is 12.3 Å². The van der Waals surface area contributed by atoms with Gasteiger partial charge in [0.1, 0.15) is 11.6 Å². The predicted molar refractivity (Wildman–Crippen MR) is 62.9 cm³/mol. The normalized spacial score (nSPS) is 11.6. The summed E-state index contributed by atoms with van der Waals surface area (Å²) < 4.78 is 50.6. The Labute approximate surface area is 106 Å². The van der Waals surface area contributed by atoms with E-state index in [-0.39, 0.29) is 12.2 Å². The van der Waals surface area contributed by atoms with E-state index in [9.17, 15) is 17.6 Å². The van der Waals surface area contributed by atoms with Crippen molar-refractivity contribution in [1.29, 1.82) is 0 Å². The third-order valence-corrected chi connectivity index (χ3v) is 2.66. The van der Waals surface area contributed by atoms with Gasteiger partial charge in [-0.15, -0.1) is 0 Å². The van der Waals surface area contributed by atoms with Gasteiger partial charge in [0.15, 0.2) is 0 Å². The molecule has 0 fully saturated rings. The maximum Gasteiger partial charge on any atom is 0.419 e. The van der Waals surface area contributed by atoms with Crippen molar-refractivity contribution in [3.63, 3.8) is 0 Å². The van der Waals surface area contributed by atoms with Crippen molar-refractivity contribution in [2.75, 3.05) is 5.73 Å². The highest BCUT2D eigenvalue weighted by atomic mass is 19.4. The van der Waals surface area contributed by atoms with Crippen molar-refractivity contribution in [2.45, 2.75) is 12.6 Å². The number of nitrogens with two attached hydrogens (primary N) is 1. The SMILES string of the molecule is Nc1ncccc1Cc1ccc(C(F)(F)F)c(F)c1. The molecule has 0 amide bonds. The summed E-state index contributed by atoms with van der Waals surface area (Å²) in [6.07, 6.45) is -2.95. The van der Waals surface area contributed by atoms with Crippen molar-refractivity contribution < 1.29 is 17.6 Å². The molecule has 1 aromatic heterocycles. The van der Waals surface area contributed by atoms with Gasteiger partial charge >= 0.3 is 6.18 Å². The predicted octanol–water partition coefficient (Wildman–Crippen LogP) is 3.41. The molecule has 0 aliphatic heterocycles. The fourth-order valence-electron chi connectivity index (χ4n) is 1.72. The number of anilines is 1. The second-order valence-corrected chi connectivity index (χ2v) is 4.04. The lowest BCUT2D eigenvalue weighted by atomic mass is 10.0. The first-order valence-corrected chi connectivity index (χ1v) is 5.43. The minimum absolute atomic E-state index is 0.231. The van der Waals surface area contributed by atoms with E-state index in [0.29, 0.717) is 11.1 Å². The molecule has 2 rings (SSSR count). The number of aromatic nitrogens is 1. The maximum absolute atomic E-state index is 13.4. The molecule has 1 heterocycles. The van der Waals surface area contributed by atoms with Crippen molar-refractivity contribution >= 4 is 5.82 Å². The average Bonchev–Trinajstić information content (AvgIpc) is 2.30. The standard InChI is InChI=1S/C13H10F4N2/c14-11-7-8(3-4-10(11)13(15,16)17)6-9-2-1-5-19-12(9)18/h1-5,7H,6H2,(H2,18,19). The molecule has 0 aliphatic rings. The van der Waals surface area contributed by atoms with E-state index in [0.717, 1.165) is 12.1 Å². The molecule has 0 spiro atoms. The maximum atomic E-state index is 13.4. The van der Waals surface area contributed by atoms with Crippen LogP contribution in [0.4, 0.5) is 23.4 Å². The quantitative estimate of drug-likeness (QED) is 0.849. The number of hydrogen-bond donors (Lipinski definition) is 1. The summed E-state index contributed by atoms with van der Waals surface area (Å²) in [4.78, 5) is 3.86. The molecule has 2 nitrogen and oxygen atoms in total. The fraction of sp³-hybridized carbons (Fsp3) is 0.154. The highest BCUT2D eigenvalue weighted by Gasteiger charge is 2.33. The average molecular weight is 270 g/mol. The molecule has 0 unspecified atom stereocenters. The van der Waals surface area contributed by atoms with Gasteiger partial charge in [-0.3, -0.25) is 0 Å². The number of nitrogen functional groups attached to an aromatic ring is 1. The van der Waals surface area contributed by atoms with Gasteiger partial charge in [-0.05, 0) is 29.3 Å². The van der Waals surface area contributed by atoms with Crippen molar-refractivity contribution in [2.24, 2.45) is 0 Å². The topological polar surface area (TPSA) is 38.9 Å². The molecule has 2 N–H and O–H groups in total. The van der Waals surface area contributed by atoms with Gasteiger partial charge in [0.2, 0.25) is 0 Å². The molecule has 0 saturated carbocycles. The Kier molecular flexibility index (Phi) is 3.42. The van der Waals surface area contributed by atoms with Gasteiger partial charge in [0.25, 0.3) is 0 Å². The van der Waals surface area contributed by atoms with Crippen LogP contribution < -0.4 is 5.73 Å². The Hall–Kier alpha value is -2.11. The molecule has 2 aromatic rings. The van der Waals surface area contributed by atoms with Crippen LogP contribution in [0.3, 0.4) is 0 Å². The van der Waals surface area contributed by atoms with Crippen molar-refractivity contribution in [3.8, 4) is 0 Å². The summed E-state index contributed by atoms with van der Waals surface area (Å²) in [5.41, 5.74) is 5.40. The van der Waals surface area contributed by atoms with Crippen LogP contribution in [0.2, 0.25) is 0 Å². The Morgan fingerprint density at radius 3 is 2.47 bits per heavy atom. The summed E-state index contributed by atoms with van der Waals surface area (Å²) in [6, 6.07) is 6.19. The van der Waals surface area contributed by atoms with E-state index in [2.05, 4.69) is 4.98 Å². The van der Waals surface area contributed by atoms with Crippen LogP contribution in [-0.4, -0.2) is 4.98 Å². The summed E-state index contributed by atoms with van der Waals surface area (Å²) >= 11 is 0. The van der Waals surface area contributed by atoms with Crippen molar-refractivity contribution in [3.05, 3.63) is 59.0 Å². The second kappa shape index (κ2) is 4.87. The molecule has 0 atom stereocenters. The first-order valence-electron chi connectivity index (χ1n) is 5.43. The third-order valence-electron chi connectivity index (χ3n) is 2.66. The first kappa shape index (κ1) is 13.3. The number of rotatable bonds is 2. The van der Waals surface area contributed by atoms with Crippen LogP contribution in [0.1, 0.15) is 16.7 Å². The lowest BCUT2D eigenvalue weighted by Crippen LogP contribution is -2.08. The zero-order valence-electron chi connectivity index (χ0n) is 9.71. The number of alkyl halides is 3. The second-order valence-electron chi connectivity index (χ2n) is 4.04. The van der Waals surface area contributed by atoms with Crippen LogP contribution in [0, 0.1) is 5.82 Å². The Morgan fingerprint density at radius 2 is 1.89 bits per heavy atom. The molecule has 0 aliphatic carbocycles. The van der Waals surface area contributed by atoms with E-state index in [1.807, 2.05) is 0 Å². The molecular weight excluding hydrogens is 260 g/mol. The highest BCUT2D eigenvalue weighted by Crippen LogP contribution is 2.32. The zero-order chi connectivity index (χ0) is 14.0. The van der Waals surface area contributed by atoms with Gasteiger partial charge < -0.3 is 5.73 Å². The van der Waals surface area contributed by atoms with Crippen LogP contribution in [0.5, 0.6) is 0 Å². The number of pyridine rings is 1. The van der Waals surface area contributed by atoms with Gasteiger partial charge in [-0.1, -0.05) is 12.1 Å². The van der Waals surface area contributed by atoms with Gasteiger partial charge in [0, 0.05) is 12.6 Å². The minimum Gasteiger partial charge on any atom is -0.383 e. The fourth-order valence-corrected chi connectivity index (χ4v) is 1.72. The third kappa shape index (κ3) is 3.01. The largest absolute Gasteiger partial charge is 0.419 e. The highest BCUT2D eigenvalue weighted by molar-refractivity contribution is 5.42. The number of nitrogens with zero attached hydrogens (tertiary/aromatic N) is 1. The van der Waals surface area contributed by atoms with Gasteiger partial charge in [-0.2, -0.15) is 13.2 Å². The summed E-state index contributed by atoms with van der Waals surface area (Å²) in [5, 5.41) is 0. The summed E-state index contributed by atoms with van der Waals surface area (Å²) in [7, 11) is 0. The smallest absolute Gasteiger partial charge is 0.383 e. The summed E-state index contributed by atoms with van der Waals surface area (Å²) in [5.74, 6) is -1.00. The molecule has 19 heavy (non-hydrogen) atoms. The lowest BCUT2D eigenvalue weighted by molar-refractivity contribution is -0.140. The Morgan fingerprint density at radius 1 is 1.16 bits per heavy atom.